The lowest BCUT2D eigenvalue weighted by atomic mass is 9.93. The van der Waals surface area contributed by atoms with Gasteiger partial charge in [-0.05, 0) is 66.3 Å². The topological polar surface area (TPSA) is 38.3 Å². The second-order valence-corrected chi connectivity index (χ2v) is 8.92. The fourth-order valence-corrected chi connectivity index (χ4v) is 4.08. The molecule has 1 amide bonds. The maximum absolute atomic E-state index is 12.4. The zero-order valence-electron chi connectivity index (χ0n) is 16.6. The number of amides is 1. The van der Waals surface area contributed by atoms with Crippen LogP contribution in [0, 0.1) is 6.92 Å². The van der Waals surface area contributed by atoms with Crippen molar-refractivity contribution in [3.63, 3.8) is 0 Å². The molecule has 0 saturated carbocycles. The van der Waals surface area contributed by atoms with E-state index in [1.807, 2.05) is 19.1 Å². The number of thioether (sulfide) groups is 1. The van der Waals surface area contributed by atoms with E-state index in [1.165, 1.54) is 11.1 Å². The molecule has 0 fully saturated rings. The summed E-state index contributed by atoms with van der Waals surface area (Å²) in [6, 6.07) is 12.4. The first-order valence-corrected chi connectivity index (χ1v) is 11.1. The third-order valence-electron chi connectivity index (χ3n) is 4.50. The summed E-state index contributed by atoms with van der Waals surface area (Å²) in [7, 11) is 1.70. The van der Waals surface area contributed by atoms with E-state index >= 15 is 0 Å². The van der Waals surface area contributed by atoms with Gasteiger partial charge in [0.1, 0.15) is 5.75 Å². The van der Waals surface area contributed by atoms with Crippen molar-refractivity contribution in [3.8, 4) is 5.75 Å². The Kier molecular flexibility index (Phi) is 8.24. The van der Waals surface area contributed by atoms with Crippen LogP contribution >= 0.6 is 27.7 Å². The van der Waals surface area contributed by atoms with E-state index in [-0.39, 0.29) is 11.9 Å². The SMILES string of the molecule is COc1cc(C)c([C@H](C)NC(=O)CSCc2ccc(Br)cc2)cc1C(C)C. The third-order valence-corrected chi connectivity index (χ3v) is 6.03. The van der Waals surface area contributed by atoms with Gasteiger partial charge in [-0.1, -0.05) is 41.9 Å². The number of methoxy groups -OCH3 is 1. The van der Waals surface area contributed by atoms with Gasteiger partial charge in [0, 0.05) is 10.2 Å². The first-order chi connectivity index (χ1) is 12.8. The zero-order chi connectivity index (χ0) is 20.0. The number of halogens is 1. The van der Waals surface area contributed by atoms with Gasteiger partial charge in [0.15, 0.2) is 0 Å². The van der Waals surface area contributed by atoms with E-state index < -0.39 is 0 Å². The van der Waals surface area contributed by atoms with Crippen molar-refractivity contribution >= 4 is 33.6 Å². The Labute approximate surface area is 175 Å². The molecule has 0 bridgehead atoms. The first-order valence-electron chi connectivity index (χ1n) is 9.11. The molecule has 146 valence electrons. The smallest absolute Gasteiger partial charge is 0.230 e. The lowest BCUT2D eigenvalue weighted by Gasteiger charge is -2.21. The lowest BCUT2D eigenvalue weighted by Crippen LogP contribution is -2.28. The van der Waals surface area contributed by atoms with Crippen LogP contribution in [0.2, 0.25) is 0 Å². The predicted octanol–water partition coefficient (Wildman–Crippen LogP) is 6.00. The van der Waals surface area contributed by atoms with Gasteiger partial charge in [0.05, 0.1) is 18.9 Å². The Balaban J connectivity index is 1.95. The highest BCUT2D eigenvalue weighted by Crippen LogP contribution is 2.32. The van der Waals surface area contributed by atoms with E-state index in [1.54, 1.807) is 18.9 Å². The van der Waals surface area contributed by atoms with Gasteiger partial charge in [-0.3, -0.25) is 4.79 Å². The van der Waals surface area contributed by atoms with Gasteiger partial charge in [-0.2, -0.15) is 0 Å². The van der Waals surface area contributed by atoms with Gasteiger partial charge >= 0.3 is 0 Å². The Bertz CT molecular complexity index is 775. The number of benzene rings is 2. The summed E-state index contributed by atoms with van der Waals surface area (Å²) in [6.45, 7) is 8.40. The van der Waals surface area contributed by atoms with Crippen molar-refractivity contribution < 1.29 is 9.53 Å². The number of carbonyl (C=O) groups is 1. The Morgan fingerprint density at radius 2 is 1.81 bits per heavy atom. The first kappa shape index (κ1) is 21.8. The predicted molar refractivity (Wildman–Crippen MR) is 119 cm³/mol. The molecular formula is C22H28BrNO2S. The molecular weight excluding hydrogens is 422 g/mol. The van der Waals surface area contributed by atoms with Crippen LogP contribution in [0.5, 0.6) is 5.75 Å². The van der Waals surface area contributed by atoms with Crippen LogP contribution in [0.4, 0.5) is 0 Å². The van der Waals surface area contributed by atoms with Gasteiger partial charge < -0.3 is 10.1 Å². The summed E-state index contributed by atoms with van der Waals surface area (Å²) in [5.74, 6) is 2.62. The normalized spacial score (nSPS) is 12.1. The van der Waals surface area contributed by atoms with Gasteiger partial charge in [-0.25, -0.2) is 0 Å². The van der Waals surface area contributed by atoms with E-state index in [0.717, 1.165) is 27.1 Å². The van der Waals surface area contributed by atoms with Crippen LogP contribution in [-0.4, -0.2) is 18.8 Å². The van der Waals surface area contributed by atoms with Crippen LogP contribution in [0.25, 0.3) is 0 Å². The van der Waals surface area contributed by atoms with Crippen LogP contribution in [0.15, 0.2) is 40.9 Å². The highest BCUT2D eigenvalue weighted by atomic mass is 79.9. The van der Waals surface area contributed by atoms with Crippen molar-refractivity contribution in [2.45, 2.75) is 45.4 Å². The largest absolute Gasteiger partial charge is 0.496 e. The molecule has 0 aliphatic heterocycles. The maximum atomic E-state index is 12.4. The third kappa shape index (κ3) is 6.28. The molecule has 5 heteroatoms. The van der Waals surface area contributed by atoms with Gasteiger partial charge in [0.2, 0.25) is 5.91 Å². The fourth-order valence-electron chi connectivity index (χ4n) is 3.01. The van der Waals surface area contributed by atoms with E-state index in [0.29, 0.717) is 11.7 Å². The highest BCUT2D eigenvalue weighted by Gasteiger charge is 2.16. The van der Waals surface area contributed by atoms with Gasteiger partial charge in [0.25, 0.3) is 0 Å². The molecule has 3 nitrogen and oxygen atoms in total. The maximum Gasteiger partial charge on any atom is 0.230 e. The minimum atomic E-state index is -0.0332. The van der Waals surface area contributed by atoms with Crippen molar-refractivity contribution in [1.82, 2.24) is 5.32 Å². The lowest BCUT2D eigenvalue weighted by molar-refractivity contribution is -0.119. The monoisotopic (exact) mass is 449 g/mol. The molecule has 2 aromatic rings. The van der Waals surface area contributed by atoms with E-state index in [9.17, 15) is 4.79 Å². The Hall–Kier alpha value is -1.46. The van der Waals surface area contributed by atoms with Crippen molar-refractivity contribution in [3.05, 3.63) is 63.1 Å². The van der Waals surface area contributed by atoms with Gasteiger partial charge in [-0.15, -0.1) is 11.8 Å². The molecule has 1 N–H and O–H groups in total. The van der Waals surface area contributed by atoms with Crippen LogP contribution in [0.1, 0.15) is 55.0 Å². The molecule has 1 atom stereocenters. The molecule has 0 unspecified atom stereocenters. The molecule has 0 saturated heterocycles. The molecule has 0 aliphatic carbocycles. The van der Waals surface area contributed by atoms with Crippen LogP contribution in [-0.2, 0) is 10.5 Å². The number of rotatable bonds is 8. The summed E-state index contributed by atoms with van der Waals surface area (Å²) in [5.41, 5.74) is 4.66. The molecule has 0 aliphatic rings. The number of hydrogen-bond acceptors (Lipinski definition) is 3. The summed E-state index contributed by atoms with van der Waals surface area (Å²) >= 11 is 5.06. The second-order valence-electron chi connectivity index (χ2n) is 7.01. The minimum Gasteiger partial charge on any atom is -0.496 e. The molecule has 0 radical (unpaired) electrons. The fraction of sp³-hybridized carbons (Fsp3) is 0.409. The second kappa shape index (κ2) is 10.2. The molecule has 2 aromatic carbocycles. The van der Waals surface area contributed by atoms with Crippen molar-refractivity contribution in [2.75, 3.05) is 12.9 Å². The number of hydrogen-bond donors (Lipinski definition) is 1. The number of nitrogens with one attached hydrogen (secondary N) is 1. The Morgan fingerprint density at radius 3 is 2.41 bits per heavy atom. The standard InChI is InChI=1S/C22H28BrNO2S/c1-14(2)19-11-20(15(3)10-21(19)26-5)16(4)24-22(25)13-27-12-17-6-8-18(23)9-7-17/h6-11,14,16H,12-13H2,1-5H3,(H,24,25)/t16-/m0/s1. The van der Waals surface area contributed by atoms with E-state index in [4.69, 9.17) is 4.74 Å². The zero-order valence-corrected chi connectivity index (χ0v) is 19.0. The summed E-state index contributed by atoms with van der Waals surface area (Å²) in [4.78, 5) is 12.4. The number of ether oxygens (including phenoxy) is 1. The summed E-state index contributed by atoms with van der Waals surface area (Å²) < 4.78 is 6.58. The van der Waals surface area contributed by atoms with Crippen molar-refractivity contribution in [2.24, 2.45) is 0 Å². The Morgan fingerprint density at radius 1 is 1.15 bits per heavy atom. The van der Waals surface area contributed by atoms with Crippen LogP contribution < -0.4 is 10.1 Å². The minimum absolute atomic E-state index is 0.0332. The number of carbonyl (C=O) groups excluding carboxylic acids is 1. The summed E-state index contributed by atoms with van der Waals surface area (Å²) in [6.07, 6.45) is 0. The molecule has 0 spiro atoms. The number of aryl methyl sites for hydroxylation is 1. The van der Waals surface area contributed by atoms with E-state index in [2.05, 4.69) is 66.3 Å². The van der Waals surface area contributed by atoms with Crippen LogP contribution in [0.3, 0.4) is 0 Å². The molecule has 27 heavy (non-hydrogen) atoms. The average Bonchev–Trinajstić information content (AvgIpc) is 2.62. The highest BCUT2D eigenvalue weighted by molar-refractivity contribution is 9.10. The molecule has 0 aromatic heterocycles. The van der Waals surface area contributed by atoms with Crippen molar-refractivity contribution in [1.29, 1.82) is 0 Å². The molecule has 2 rings (SSSR count). The average molecular weight is 450 g/mol. The summed E-state index contributed by atoms with van der Waals surface area (Å²) in [5, 5.41) is 3.13. The quantitative estimate of drug-likeness (QED) is 0.536. The molecule has 0 heterocycles.